The molecule has 0 saturated carbocycles. The van der Waals surface area contributed by atoms with E-state index in [0.29, 0.717) is 24.1 Å². The topological polar surface area (TPSA) is 88.1 Å². The first kappa shape index (κ1) is 19.1. The third-order valence-electron chi connectivity index (χ3n) is 4.69. The molecule has 1 aromatic carbocycles. The lowest BCUT2D eigenvalue weighted by molar-refractivity contribution is -0.126. The average Bonchev–Trinajstić information content (AvgIpc) is 3.16. The van der Waals surface area contributed by atoms with Crippen molar-refractivity contribution in [2.45, 2.75) is 44.7 Å². The highest BCUT2D eigenvalue weighted by molar-refractivity contribution is 5.98. The number of carbonyl (C=O) groups excluding carboxylic acids is 2. The molecular formula is C20H27N5O2. The maximum atomic E-state index is 13.1. The van der Waals surface area contributed by atoms with Gasteiger partial charge in [-0.2, -0.15) is 5.10 Å². The van der Waals surface area contributed by atoms with Crippen molar-refractivity contribution in [3.05, 3.63) is 48.3 Å². The van der Waals surface area contributed by atoms with Gasteiger partial charge in [-0.1, -0.05) is 0 Å². The molecule has 0 aliphatic carbocycles. The highest BCUT2D eigenvalue weighted by atomic mass is 16.2. The first-order chi connectivity index (χ1) is 12.8. The van der Waals surface area contributed by atoms with Gasteiger partial charge in [0.15, 0.2) is 0 Å². The van der Waals surface area contributed by atoms with E-state index in [0.717, 1.165) is 13.1 Å². The molecule has 7 nitrogen and oxygen atoms in total. The smallest absolute Gasteiger partial charge is 0.252 e. The third kappa shape index (κ3) is 4.36. The van der Waals surface area contributed by atoms with Crippen LogP contribution in [0.3, 0.4) is 0 Å². The van der Waals surface area contributed by atoms with Crippen LogP contribution in [0.15, 0.2) is 42.7 Å². The molecule has 1 aliphatic rings. The van der Waals surface area contributed by atoms with Crippen LogP contribution in [0.25, 0.3) is 0 Å². The second-order valence-corrected chi connectivity index (χ2v) is 7.97. The van der Waals surface area contributed by atoms with Crippen molar-refractivity contribution < 1.29 is 9.59 Å². The van der Waals surface area contributed by atoms with Gasteiger partial charge in [0, 0.05) is 29.2 Å². The lowest BCUT2D eigenvalue weighted by Gasteiger charge is -2.36. The molecule has 1 aliphatic heterocycles. The van der Waals surface area contributed by atoms with E-state index in [1.165, 1.54) is 0 Å². The Labute approximate surface area is 159 Å². The van der Waals surface area contributed by atoms with Gasteiger partial charge in [-0.3, -0.25) is 14.3 Å². The largest absolute Gasteiger partial charge is 0.347 e. The van der Waals surface area contributed by atoms with E-state index in [1.807, 2.05) is 33.0 Å². The van der Waals surface area contributed by atoms with Crippen LogP contribution in [0.5, 0.6) is 0 Å². The van der Waals surface area contributed by atoms with E-state index >= 15 is 0 Å². The standard InChI is InChI=1S/C20H27N5O2/c1-19(2,3)24-17(26)15-5-7-16(8-6-15)23-18(27)20(9-12-21-13-10-20)25-14-4-11-22-25/h4-8,11,14,21H,9-10,12-13H2,1-3H3,(H,23,27)(H,24,26). The molecule has 1 fully saturated rings. The first-order valence-electron chi connectivity index (χ1n) is 9.25. The average molecular weight is 369 g/mol. The fourth-order valence-corrected chi connectivity index (χ4v) is 3.29. The number of nitrogens with one attached hydrogen (secondary N) is 3. The minimum absolute atomic E-state index is 0.0837. The summed E-state index contributed by atoms with van der Waals surface area (Å²) in [7, 11) is 0. The monoisotopic (exact) mass is 369 g/mol. The summed E-state index contributed by atoms with van der Waals surface area (Å²) in [5.74, 6) is -0.216. The van der Waals surface area contributed by atoms with Crippen molar-refractivity contribution in [1.82, 2.24) is 20.4 Å². The van der Waals surface area contributed by atoms with E-state index in [4.69, 9.17) is 0 Å². The van der Waals surface area contributed by atoms with Crippen molar-refractivity contribution in [1.29, 1.82) is 0 Å². The Hall–Kier alpha value is -2.67. The molecule has 7 heteroatoms. The molecule has 3 N–H and O–H groups in total. The van der Waals surface area contributed by atoms with E-state index < -0.39 is 5.54 Å². The molecule has 0 radical (unpaired) electrons. The fourth-order valence-electron chi connectivity index (χ4n) is 3.29. The first-order valence-corrected chi connectivity index (χ1v) is 9.25. The van der Waals surface area contributed by atoms with Crippen molar-refractivity contribution >= 4 is 17.5 Å². The van der Waals surface area contributed by atoms with Crippen LogP contribution in [0, 0.1) is 0 Å². The molecule has 144 valence electrons. The molecule has 0 atom stereocenters. The van der Waals surface area contributed by atoms with Crippen LogP contribution in [0.4, 0.5) is 5.69 Å². The Balaban J connectivity index is 1.74. The third-order valence-corrected chi connectivity index (χ3v) is 4.69. The van der Waals surface area contributed by atoms with E-state index in [9.17, 15) is 9.59 Å². The van der Waals surface area contributed by atoms with Gasteiger partial charge in [0.25, 0.3) is 11.8 Å². The number of amides is 2. The summed E-state index contributed by atoms with van der Waals surface area (Å²) in [6.45, 7) is 7.34. The summed E-state index contributed by atoms with van der Waals surface area (Å²) in [5, 5.41) is 13.5. The highest BCUT2D eigenvalue weighted by Gasteiger charge is 2.42. The lowest BCUT2D eigenvalue weighted by Crippen LogP contribution is -2.52. The Kier molecular flexibility index (Phi) is 5.32. The van der Waals surface area contributed by atoms with Crippen LogP contribution in [-0.4, -0.2) is 40.2 Å². The predicted molar refractivity (Wildman–Crippen MR) is 105 cm³/mol. The summed E-state index contributed by atoms with van der Waals surface area (Å²) in [6.07, 6.45) is 4.88. The van der Waals surface area contributed by atoms with E-state index in [1.54, 1.807) is 35.1 Å². The second-order valence-electron chi connectivity index (χ2n) is 7.97. The van der Waals surface area contributed by atoms with Crippen molar-refractivity contribution in [2.75, 3.05) is 18.4 Å². The van der Waals surface area contributed by atoms with Gasteiger partial charge in [0.05, 0.1) is 0 Å². The van der Waals surface area contributed by atoms with Gasteiger partial charge in [0.2, 0.25) is 0 Å². The highest BCUT2D eigenvalue weighted by Crippen LogP contribution is 2.28. The SMILES string of the molecule is CC(C)(C)NC(=O)c1ccc(NC(=O)C2(n3cccn3)CCNCC2)cc1. The van der Waals surface area contributed by atoms with Crippen molar-refractivity contribution in [3.63, 3.8) is 0 Å². The molecule has 1 saturated heterocycles. The van der Waals surface area contributed by atoms with E-state index in [2.05, 4.69) is 21.0 Å². The summed E-state index contributed by atoms with van der Waals surface area (Å²) < 4.78 is 1.76. The van der Waals surface area contributed by atoms with Crippen molar-refractivity contribution in [3.8, 4) is 0 Å². The maximum Gasteiger partial charge on any atom is 0.252 e. The number of rotatable bonds is 4. The van der Waals surface area contributed by atoms with Gasteiger partial charge < -0.3 is 16.0 Å². The number of carbonyl (C=O) groups is 2. The quantitative estimate of drug-likeness (QED) is 0.770. The van der Waals surface area contributed by atoms with Gasteiger partial charge in [-0.05, 0) is 77.0 Å². The Morgan fingerprint density at radius 2 is 1.81 bits per heavy atom. The van der Waals surface area contributed by atoms with Crippen LogP contribution < -0.4 is 16.0 Å². The minimum Gasteiger partial charge on any atom is -0.347 e. The maximum absolute atomic E-state index is 13.1. The number of nitrogens with zero attached hydrogens (tertiary/aromatic N) is 2. The number of piperidine rings is 1. The van der Waals surface area contributed by atoms with Crippen molar-refractivity contribution in [2.24, 2.45) is 0 Å². The lowest BCUT2D eigenvalue weighted by atomic mass is 9.87. The molecule has 0 unspecified atom stereocenters. The van der Waals surface area contributed by atoms with Gasteiger partial charge in [-0.25, -0.2) is 0 Å². The normalized spacial score (nSPS) is 16.6. The van der Waals surface area contributed by atoms with Crippen LogP contribution >= 0.6 is 0 Å². The number of hydrogen-bond donors (Lipinski definition) is 3. The molecule has 0 spiro atoms. The Bertz CT molecular complexity index is 785. The van der Waals surface area contributed by atoms with Gasteiger partial charge in [0.1, 0.15) is 5.54 Å². The predicted octanol–water partition coefficient (Wildman–Crippen LogP) is 2.13. The van der Waals surface area contributed by atoms with Gasteiger partial charge >= 0.3 is 0 Å². The molecule has 2 heterocycles. The zero-order chi connectivity index (χ0) is 19.5. The summed E-state index contributed by atoms with van der Waals surface area (Å²) in [6, 6.07) is 8.79. The number of aromatic nitrogens is 2. The molecule has 2 aromatic rings. The zero-order valence-corrected chi connectivity index (χ0v) is 16.1. The molecule has 3 rings (SSSR count). The van der Waals surface area contributed by atoms with E-state index in [-0.39, 0.29) is 17.4 Å². The van der Waals surface area contributed by atoms with Gasteiger partial charge in [-0.15, -0.1) is 0 Å². The fraction of sp³-hybridized carbons (Fsp3) is 0.450. The zero-order valence-electron chi connectivity index (χ0n) is 16.1. The Morgan fingerprint density at radius 1 is 1.15 bits per heavy atom. The molecular weight excluding hydrogens is 342 g/mol. The molecule has 27 heavy (non-hydrogen) atoms. The number of hydrogen-bond acceptors (Lipinski definition) is 4. The van der Waals surface area contributed by atoms with Crippen LogP contribution in [0.2, 0.25) is 0 Å². The molecule has 0 bridgehead atoms. The Morgan fingerprint density at radius 3 is 2.37 bits per heavy atom. The summed E-state index contributed by atoms with van der Waals surface area (Å²) in [5.41, 5.74) is 0.232. The summed E-state index contributed by atoms with van der Waals surface area (Å²) in [4.78, 5) is 25.3. The molecule has 1 aromatic heterocycles. The molecule has 2 amide bonds. The summed E-state index contributed by atoms with van der Waals surface area (Å²) >= 11 is 0. The number of anilines is 1. The number of benzene rings is 1. The van der Waals surface area contributed by atoms with Crippen LogP contribution in [-0.2, 0) is 10.3 Å². The minimum atomic E-state index is -0.697. The second kappa shape index (κ2) is 7.52. The van der Waals surface area contributed by atoms with Crippen LogP contribution in [0.1, 0.15) is 44.0 Å².